The maximum atomic E-state index is 14.3. The van der Waals surface area contributed by atoms with Crippen LogP contribution in [-0.2, 0) is 56.7 Å². The largest absolute Gasteiger partial charge is 0.476 e. The molecule has 10 N–H and O–H groups in total. The zero-order valence-electron chi connectivity index (χ0n) is 37.3. The van der Waals surface area contributed by atoms with E-state index in [0.29, 0.717) is 15.6 Å². The molecule has 0 saturated carbocycles. The Morgan fingerprint density at radius 2 is 1.27 bits per heavy atom. The van der Waals surface area contributed by atoms with E-state index in [-0.39, 0.29) is 23.2 Å². The van der Waals surface area contributed by atoms with Crippen LogP contribution in [-0.4, -0.2) is 136 Å². The van der Waals surface area contributed by atoms with Crippen LogP contribution in [0.2, 0.25) is 0 Å². The SMILES string of the molecule is Cn1nc(Cn2c(=O)ccn([C@@H]3O[C@H](COP(=O)(O)C(Cl)(Cl)P(=O)(O)O)C(O)[C@@H]3O)c2=O)c2ccccc21.O=c1ccn([C@@H]2O[C@H](CCP(=O)(O)OP(=O)(O)O)[C@H](O)C2O)c(=O)n1Cc1noc2cccc(F)c12. The Balaban J connectivity index is 0.000000217. The first kappa shape index (κ1) is 57.3. The number of hydrogen-bond acceptors (Lipinski definition) is 19. The summed E-state index contributed by atoms with van der Waals surface area (Å²) in [5.41, 5.74) is -2.14. The van der Waals surface area contributed by atoms with Gasteiger partial charge in [0.05, 0.1) is 48.6 Å². The highest BCUT2D eigenvalue weighted by Crippen LogP contribution is 2.76. The van der Waals surface area contributed by atoms with E-state index in [1.807, 2.05) is 12.1 Å². The molecule has 404 valence electrons. The molecule has 30 nitrogen and oxygen atoms in total. The molecule has 2 aliphatic heterocycles. The zero-order chi connectivity index (χ0) is 54.6. The lowest BCUT2D eigenvalue weighted by atomic mass is 10.1. The second-order valence-corrected chi connectivity index (χ2v) is 26.2. The van der Waals surface area contributed by atoms with Crippen molar-refractivity contribution >= 4 is 75.7 Å². The molecule has 2 fully saturated rings. The van der Waals surface area contributed by atoms with Crippen LogP contribution in [0.25, 0.3) is 21.9 Å². The summed E-state index contributed by atoms with van der Waals surface area (Å²) in [7, 11) is -19.3. The summed E-state index contributed by atoms with van der Waals surface area (Å²) < 4.78 is 86.2. The van der Waals surface area contributed by atoms with E-state index in [1.165, 1.54) is 12.1 Å². The Morgan fingerprint density at radius 1 is 0.730 bits per heavy atom. The molecule has 2 aliphatic rings. The van der Waals surface area contributed by atoms with Crippen molar-refractivity contribution in [2.75, 3.05) is 12.8 Å². The number of nitrogens with zero attached hydrogens (tertiary/aromatic N) is 7. The van der Waals surface area contributed by atoms with Crippen LogP contribution in [0.5, 0.6) is 0 Å². The molecule has 6 aromatic rings. The molecular formula is C37H42Cl2FN7O23P4. The summed E-state index contributed by atoms with van der Waals surface area (Å²) in [5, 5.41) is 50.4. The van der Waals surface area contributed by atoms with Crippen molar-refractivity contribution in [3.63, 3.8) is 0 Å². The van der Waals surface area contributed by atoms with Crippen molar-refractivity contribution < 1.29 is 95.3 Å². The van der Waals surface area contributed by atoms with Crippen molar-refractivity contribution in [3.8, 4) is 0 Å². The average Bonchev–Trinajstić information content (AvgIpc) is 4.03. The fourth-order valence-corrected chi connectivity index (χ4v) is 12.3. The molecule has 4 unspecified atom stereocenters. The first-order chi connectivity index (χ1) is 34.3. The molecular weight excluding hydrogens is 1120 g/mol. The lowest BCUT2D eigenvalue weighted by Crippen LogP contribution is -2.43. The number of benzene rings is 2. The van der Waals surface area contributed by atoms with Gasteiger partial charge in [0.2, 0.25) is 0 Å². The topological polar surface area (TPSA) is 439 Å². The third-order valence-corrected chi connectivity index (χ3v) is 20.1. The molecule has 0 amide bonds. The second-order valence-electron chi connectivity index (χ2n) is 16.4. The van der Waals surface area contributed by atoms with Gasteiger partial charge in [0, 0.05) is 37.0 Å². The van der Waals surface area contributed by atoms with Crippen molar-refractivity contribution in [3.05, 3.63) is 126 Å². The number of ether oxygens (including phenoxy) is 2. The van der Waals surface area contributed by atoms with Crippen molar-refractivity contribution in [1.82, 2.24) is 33.2 Å². The third kappa shape index (κ3) is 11.8. The molecule has 2 saturated heterocycles. The minimum Gasteiger partial charge on any atom is -0.388 e. The normalized spacial score (nSPS) is 24.2. The molecule has 37 heteroatoms. The highest BCUT2D eigenvalue weighted by Gasteiger charge is 2.60. The minimum atomic E-state index is -5.54. The Morgan fingerprint density at radius 3 is 1.84 bits per heavy atom. The maximum absolute atomic E-state index is 14.3. The number of fused-ring (bicyclic) bond motifs is 2. The van der Waals surface area contributed by atoms with E-state index >= 15 is 0 Å². The Kier molecular flexibility index (Phi) is 16.7. The highest BCUT2D eigenvalue weighted by atomic mass is 35.5. The van der Waals surface area contributed by atoms with Crippen molar-refractivity contribution in [1.29, 1.82) is 0 Å². The fraction of sp³-hybridized carbons (Fsp3) is 0.405. The molecule has 10 atom stereocenters. The molecule has 74 heavy (non-hydrogen) atoms. The third-order valence-electron chi connectivity index (χ3n) is 11.4. The summed E-state index contributed by atoms with van der Waals surface area (Å²) in [6.45, 7) is -1.71. The van der Waals surface area contributed by atoms with Gasteiger partial charge in [0.1, 0.15) is 42.0 Å². The number of phosphoric acid groups is 1. The predicted molar refractivity (Wildman–Crippen MR) is 249 cm³/mol. The highest BCUT2D eigenvalue weighted by molar-refractivity contribution is 7.79. The van der Waals surface area contributed by atoms with Crippen LogP contribution in [0, 0.1) is 5.82 Å². The monoisotopic (exact) mass is 1170 g/mol. The molecule has 0 bridgehead atoms. The van der Waals surface area contributed by atoms with Crippen LogP contribution in [0.15, 0.2) is 90.7 Å². The molecule has 0 radical (unpaired) electrons. The van der Waals surface area contributed by atoms with Gasteiger partial charge in [0.15, 0.2) is 18.0 Å². The van der Waals surface area contributed by atoms with Gasteiger partial charge < -0.3 is 68.3 Å². The van der Waals surface area contributed by atoms with E-state index in [9.17, 15) is 72.0 Å². The van der Waals surface area contributed by atoms with E-state index in [2.05, 4.69) is 19.1 Å². The average molecular weight is 1170 g/mol. The molecule has 6 heterocycles. The van der Waals surface area contributed by atoms with Crippen LogP contribution >= 0.6 is 53.8 Å². The Hall–Kier alpha value is -4.39. The van der Waals surface area contributed by atoms with Gasteiger partial charge in [0.25, 0.3) is 11.1 Å². The number of halogens is 3. The van der Waals surface area contributed by atoms with Crippen LogP contribution in [0.3, 0.4) is 0 Å². The van der Waals surface area contributed by atoms with Gasteiger partial charge in [-0.05, 0) is 24.6 Å². The lowest BCUT2D eigenvalue weighted by Gasteiger charge is -2.26. The minimum absolute atomic E-state index is 0.0298. The molecule has 0 spiro atoms. The van der Waals surface area contributed by atoms with Crippen LogP contribution < -0.4 is 22.5 Å². The number of alkyl halides is 2. The van der Waals surface area contributed by atoms with Gasteiger partial charge >= 0.3 is 45.8 Å². The summed E-state index contributed by atoms with van der Waals surface area (Å²) in [6.07, 6.45) is -12.3. The van der Waals surface area contributed by atoms with Crippen LogP contribution in [0.1, 0.15) is 30.3 Å². The Bertz CT molecular complexity index is 3540. The Labute approximate surface area is 420 Å². The lowest BCUT2D eigenvalue weighted by molar-refractivity contribution is -0.0531. The van der Waals surface area contributed by atoms with E-state index in [1.54, 1.807) is 23.9 Å². The number of aliphatic hydroxyl groups is 4. The molecule has 4 aromatic heterocycles. The summed E-state index contributed by atoms with van der Waals surface area (Å²) in [5.74, 6) is -0.683. The van der Waals surface area contributed by atoms with Gasteiger partial charge in [-0.1, -0.05) is 52.6 Å². The number of hydrogen-bond donors (Lipinski definition) is 10. The number of aliphatic hydroxyl groups excluding tert-OH is 4. The molecule has 0 aliphatic carbocycles. The van der Waals surface area contributed by atoms with E-state index in [0.717, 1.165) is 49.8 Å². The number of rotatable bonds is 16. The van der Waals surface area contributed by atoms with Gasteiger partial charge in [-0.2, -0.15) is 5.10 Å². The van der Waals surface area contributed by atoms with E-state index in [4.69, 9.17) is 56.8 Å². The number of aromatic nitrogens is 7. The summed E-state index contributed by atoms with van der Waals surface area (Å²) in [6, 6.07) is 13.2. The summed E-state index contributed by atoms with van der Waals surface area (Å²) >= 11 is 10.7. The number of para-hydroxylation sites is 1. The number of aryl methyl sites for hydroxylation is 1. The van der Waals surface area contributed by atoms with Crippen molar-refractivity contribution in [2.45, 2.75) is 72.4 Å². The quantitative estimate of drug-likeness (QED) is 0.0438. The van der Waals surface area contributed by atoms with Crippen molar-refractivity contribution in [2.24, 2.45) is 7.05 Å². The predicted octanol–water partition coefficient (Wildman–Crippen LogP) is -0.325. The van der Waals surface area contributed by atoms with Crippen LogP contribution in [0.4, 0.5) is 4.39 Å². The second kappa shape index (κ2) is 21.6. The molecule has 2 aromatic carbocycles. The smallest absolute Gasteiger partial charge is 0.388 e. The van der Waals surface area contributed by atoms with E-state index < -0.39 is 138 Å². The summed E-state index contributed by atoms with van der Waals surface area (Å²) in [4.78, 5) is 106. The first-order valence-corrected chi connectivity index (χ1v) is 28.2. The van der Waals surface area contributed by atoms with Gasteiger partial charge in [-0.3, -0.25) is 46.2 Å². The molecule has 8 rings (SSSR count). The van der Waals surface area contributed by atoms with Gasteiger partial charge in [-0.25, -0.2) is 22.9 Å². The fourth-order valence-electron chi connectivity index (χ4n) is 7.77. The zero-order valence-corrected chi connectivity index (χ0v) is 42.4. The standard InChI is InChI=1S/C19H22Cl2N4O11P2.C18H20FN3O12P2/c1-23-12-5-3-2-4-10(12)11(22-23)8-25-14(26)6-7-24(18(25)29)17-16(28)15(27)13(36-17)9-35-38(33,34)19(20,21)37(30,31)32;19-9-2-1-3-11-14(9)10(20-33-11)8-22-13(23)4-6-21(18(22)26)17-16(25)15(24)12(32-17)5-7-35(27,28)34-36(29,30)31/h2-7,13,15-17,27-28H,8-9H2,1H3,(H,33,34)(H2,30,31,32);1-4,6,12,15-17,24-25H,5,7-8H2,(H,27,28)(H2,29,30,31)/t13-,15?,16+,17-;12-,15+,16?,17-/m11/s1. The van der Waals surface area contributed by atoms with Gasteiger partial charge in [-0.15, -0.1) is 0 Å². The maximum Gasteiger partial charge on any atom is 0.476 e. The first-order valence-electron chi connectivity index (χ1n) is 20.9.